The maximum absolute atomic E-state index is 8.95. The Bertz CT molecular complexity index is 757. The van der Waals surface area contributed by atoms with Gasteiger partial charge in [0.15, 0.2) is 0 Å². The second kappa shape index (κ2) is 11.1. The topological polar surface area (TPSA) is 69.7 Å². The second-order valence-corrected chi connectivity index (χ2v) is 8.68. The van der Waals surface area contributed by atoms with E-state index < -0.39 is 7.12 Å². The Morgan fingerprint density at radius 1 is 1.03 bits per heavy atom. The Balaban J connectivity index is 1.58. The van der Waals surface area contributed by atoms with Crippen LogP contribution >= 0.6 is 11.6 Å². The van der Waals surface area contributed by atoms with Gasteiger partial charge in [-0.2, -0.15) is 0 Å². The van der Waals surface area contributed by atoms with Gasteiger partial charge in [-0.15, -0.1) is 0 Å². The Labute approximate surface area is 179 Å². The Morgan fingerprint density at radius 2 is 1.76 bits per heavy atom. The predicted molar refractivity (Wildman–Crippen MR) is 121 cm³/mol. The van der Waals surface area contributed by atoms with Crippen LogP contribution in [-0.4, -0.2) is 40.7 Å². The fourth-order valence-corrected chi connectivity index (χ4v) is 4.33. The maximum Gasteiger partial charge on any atom is 0.451 e. The molecule has 0 saturated heterocycles. The van der Waals surface area contributed by atoms with E-state index in [1.807, 2.05) is 12.1 Å². The van der Waals surface area contributed by atoms with Crippen molar-refractivity contribution in [2.24, 2.45) is 5.73 Å². The number of nitrogens with two attached hydrogens (primary N) is 1. The molecule has 29 heavy (non-hydrogen) atoms. The zero-order valence-electron chi connectivity index (χ0n) is 17.0. The molecule has 2 atom stereocenters. The Kier molecular flexibility index (Phi) is 8.58. The van der Waals surface area contributed by atoms with Gasteiger partial charge in [0, 0.05) is 30.2 Å². The van der Waals surface area contributed by atoms with Crippen LogP contribution < -0.4 is 5.73 Å². The van der Waals surface area contributed by atoms with E-state index >= 15 is 0 Å². The summed E-state index contributed by atoms with van der Waals surface area (Å²) in [5, 5.41) is 18.7. The first-order chi connectivity index (χ1) is 14.0. The number of rotatable bonds is 10. The normalized spacial score (nSPS) is 17.7. The molecule has 1 aliphatic heterocycles. The first-order valence-corrected chi connectivity index (χ1v) is 11.1. The van der Waals surface area contributed by atoms with Gasteiger partial charge in [-0.1, -0.05) is 60.8 Å². The third-order valence-corrected chi connectivity index (χ3v) is 6.17. The van der Waals surface area contributed by atoms with E-state index in [0.717, 1.165) is 56.6 Å². The lowest BCUT2D eigenvalue weighted by Gasteiger charge is -2.37. The number of benzene rings is 2. The molecule has 156 valence electrons. The van der Waals surface area contributed by atoms with E-state index in [1.165, 1.54) is 16.7 Å². The SMILES string of the molecule is NC(CCCCB(O)O)CCN1Cc2ccccc2CC1Cc1ccc(Cl)cc1. The molecular weight excluding hydrogens is 383 g/mol. The van der Waals surface area contributed by atoms with Crippen LogP contribution in [0, 0.1) is 0 Å². The third kappa shape index (κ3) is 7.12. The van der Waals surface area contributed by atoms with E-state index in [-0.39, 0.29) is 6.04 Å². The summed E-state index contributed by atoms with van der Waals surface area (Å²) in [6, 6.07) is 17.6. The van der Waals surface area contributed by atoms with Crippen molar-refractivity contribution >= 4 is 18.7 Å². The van der Waals surface area contributed by atoms with Gasteiger partial charge < -0.3 is 15.8 Å². The van der Waals surface area contributed by atoms with Crippen LogP contribution in [0.4, 0.5) is 0 Å². The molecule has 3 rings (SSSR count). The molecule has 4 N–H and O–H groups in total. The molecule has 1 aliphatic rings. The van der Waals surface area contributed by atoms with E-state index in [9.17, 15) is 0 Å². The van der Waals surface area contributed by atoms with Crippen LogP contribution in [0.1, 0.15) is 42.4 Å². The molecule has 6 heteroatoms. The average Bonchev–Trinajstić information content (AvgIpc) is 2.71. The highest BCUT2D eigenvalue weighted by Gasteiger charge is 2.26. The zero-order valence-corrected chi connectivity index (χ0v) is 17.8. The summed E-state index contributed by atoms with van der Waals surface area (Å²) >= 11 is 6.05. The van der Waals surface area contributed by atoms with Crippen LogP contribution in [-0.2, 0) is 19.4 Å². The van der Waals surface area contributed by atoms with Crippen molar-refractivity contribution in [2.45, 2.75) is 63.5 Å². The second-order valence-electron chi connectivity index (χ2n) is 8.24. The lowest BCUT2D eigenvalue weighted by atomic mass is 9.83. The van der Waals surface area contributed by atoms with Crippen molar-refractivity contribution in [3.05, 3.63) is 70.2 Å². The molecule has 0 aromatic heterocycles. The lowest BCUT2D eigenvalue weighted by Crippen LogP contribution is -2.43. The molecule has 0 fully saturated rings. The van der Waals surface area contributed by atoms with Gasteiger partial charge in [0.05, 0.1) is 0 Å². The highest BCUT2D eigenvalue weighted by molar-refractivity contribution is 6.40. The minimum atomic E-state index is -1.20. The third-order valence-electron chi connectivity index (χ3n) is 5.92. The smallest absolute Gasteiger partial charge is 0.427 e. The lowest BCUT2D eigenvalue weighted by molar-refractivity contribution is 0.163. The van der Waals surface area contributed by atoms with Gasteiger partial charge >= 0.3 is 7.12 Å². The van der Waals surface area contributed by atoms with Crippen LogP contribution in [0.5, 0.6) is 0 Å². The minimum absolute atomic E-state index is 0.152. The average molecular weight is 415 g/mol. The van der Waals surface area contributed by atoms with Crippen molar-refractivity contribution in [3.63, 3.8) is 0 Å². The molecule has 1 heterocycles. The van der Waals surface area contributed by atoms with Crippen molar-refractivity contribution in [2.75, 3.05) is 6.54 Å². The molecule has 2 unspecified atom stereocenters. The van der Waals surface area contributed by atoms with Gasteiger partial charge in [-0.25, -0.2) is 0 Å². The summed E-state index contributed by atoms with van der Waals surface area (Å²) in [6.45, 7) is 1.95. The van der Waals surface area contributed by atoms with Gasteiger partial charge in [0.1, 0.15) is 0 Å². The zero-order chi connectivity index (χ0) is 20.6. The molecule has 0 radical (unpaired) electrons. The minimum Gasteiger partial charge on any atom is -0.427 e. The number of hydrogen-bond acceptors (Lipinski definition) is 4. The molecular formula is C23H32BClN2O2. The summed E-state index contributed by atoms with van der Waals surface area (Å²) in [5.74, 6) is 0. The molecule has 0 spiro atoms. The van der Waals surface area contributed by atoms with E-state index in [4.69, 9.17) is 27.4 Å². The van der Waals surface area contributed by atoms with Gasteiger partial charge in [-0.3, -0.25) is 4.90 Å². The van der Waals surface area contributed by atoms with Crippen LogP contribution in [0.3, 0.4) is 0 Å². The maximum atomic E-state index is 8.95. The van der Waals surface area contributed by atoms with Gasteiger partial charge in [0.25, 0.3) is 0 Å². The summed E-state index contributed by atoms with van der Waals surface area (Å²) in [5.41, 5.74) is 10.5. The fourth-order valence-electron chi connectivity index (χ4n) is 4.21. The summed E-state index contributed by atoms with van der Waals surface area (Å²) < 4.78 is 0. The van der Waals surface area contributed by atoms with Crippen LogP contribution in [0.25, 0.3) is 0 Å². The number of halogens is 1. The predicted octanol–water partition coefficient (Wildman–Crippen LogP) is 3.67. The molecule has 2 aromatic carbocycles. The molecule has 0 saturated carbocycles. The number of nitrogens with zero attached hydrogens (tertiary/aromatic N) is 1. The fraction of sp³-hybridized carbons (Fsp3) is 0.478. The van der Waals surface area contributed by atoms with E-state index in [1.54, 1.807) is 0 Å². The quantitative estimate of drug-likeness (QED) is 0.410. The van der Waals surface area contributed by atoms with Gasteiger partial charge in [0.2, 0.25) is 0 Å². The summed E-state index contributed by atoms with van der Waals surface area (Å²) in [6.07, 6.45) is 6.13. The Hall–Kier alpha value is -1.37. The molecule has 4 nitrogen and oxygen atoms in total. The van der Waals surface area contributed by atoms with Crippen molar-refractivity contribution in [1.82, 2.24) is 4.90 Å². The van der Waals surface area contributed by atoms with Crippen LogP contribution in [0.2, 0.25) is 11.3 Å². The molecule has 0 amide bonds. The first kappa shape index (κ1) is 22.3. The summed E-state index contributed by atoms with van der Waals surface area (Å²) in [4.78, 5) is 2.58. The Morgan fingerprint density at radius 3 is 2.48 bits per heavy atom. The van der Waals surface area contributed by atoms with Crippen molar-refractivity contribution in [3.8, 4) is 0 Å². The standard InChI is InChI=1S/C23H32BClN2O2/c25-21-10-8-18(9-11-21)15-23-16-19-5-1-2-6-20(19)17-27(23)14-12-22(26)7-3-4-13-24(28)29/h1-2,5-6,8-11,22-23,28-29H,3-4,7,12-17,26H2. The number of fused-ring (bicyclic) bond motifs is 1. The number of unbranched alkanes of at least 4 members (excludes halogenated alkanes) is 1. The van der Waals surface area contributed by atoms with Gasteiger partial charge in [-0.05, 0) is 60.8 Å². The largest absolute Gasteiger partial charge is 0.451 e. The molecule has 0 aliphatic carbocycles. The first-order valence-electron chi connectivity index (χ1n) is 10.7. The number of hydrogen-bond donors (Lipinski definition) is 3. The summed E-state index contributed by atoms with van der Waals surface area (Å²) in [7, 11) is -1.20. The highest BCUT2D eigenvalue weighted by atomic mass is 35.5. The molecule has 0 bridgehead atoms. The van der Waals surface area contributed by atoms with E-state index in [0.29, 0.717) is 12.4 Å². The highest BCUT2D eigenvalue weighted by Crippen LogP contribution is 2.26. The van der Waals surface area contributed by atoms with Crippen molar-refractivity contribution < 1.29 is 10.0 Å². The van der Waals surface area contributed by atoms with E-state index in [2.05, 4.69) is 41.3 Å². The monoisotopic (exact) mass is 414 g/mol. The van der Waals surface area contributed by atoms with Crippen LogP contribution in [0.15, 0.2) is 48.5 Å². The molecule has 2 aromatic rings. The van der Waals surface area contributed by atoms with Crippen molar-refractivity contribution in [1.29, 1.82) is 0 Å².